The zero-order valence-corrected chi connectivity index (χ0v) is 17.3. The lowest BCUT2D eigenvalue weighted by molar-refractivity contribution is -0.459. The van der Waals surface area contributed by atoms with Gasteiger partial charge in [-0.15, -0.1) is 0 Å². The molecule has 1 unspecified atom stereocenters. The van der Waals surface area contributed by atoms with Gasteiger partial charge in [-0.05, 0) is 37.2 Å². The fourth-order valence-corrected chi connectivity index (χ4v) is 8.16. The smallest absolute Gasteiger partial charge is 0.302 e. The van der Waals surface area contributed by atoms with Crippen molar-refractivity contribution in [3.8, 4) is 0 Å². The summed E-state index contributed by atoms with van der Waals surface area (Å²) in [6.45, 7) is 7.06. The highest BCUT2D eigenvalue weighted by atomic mass is 16.6. The predicted molar refractivity (Wildman–Crippen MR) is 102 cm³/mol. The number of carbonyl (C=O) groups excluding carboxylic acids is 2. The third-order valence-electron chi connectivity index (χ3n) is 9.32. The number of aliphatic hydroxyl groups excluding tert-OH is 3. The highest BCUT2D eigenvalue weighted by Crippen LogP contribution is 2.76. The van der Waals surface area contributed by atoms with Crippen molar-refractivity contribution < 1.29 is 39.5 Å². The number of carbonyl (C=O) groups is 2. The van der Waals surface area contributed by atoms with Crippen LogP contribution >= 0.6 is 0 Å². The Balaban J connectivity index is 1.71. The summed E-state index contributed by atoms with van der Waals surface area (Å²) in [7, 11) is 0. The standard InChI is InChI=1S/C22H30O8/c1-10-12-4-5-13-20-9-30-22(28,21(13,16(10)25)17(12)26)18(27)15(20)19(3,7-6-14(20)24)8-29-11(2)23/h12-15,17-18,24,26-28H,1,4-9H2,2-3H3/t12-,13-,14+,15+,17+,18-,19?,20+,21-,22+/m0/s1. The van der Waals surface area contributed by atoms with E-state index in [1.54, 1.807) is 0 Å². The van der Waals surface area contributed by atoms with Crippen LogP contribution in [0.4, 0.5) is 0 Å². The number of hydrogen-bond acceptors (Lipinski definition) is 8. The van der Waals surface area contributed by atoms with Crippen molar-refractivity contribution in [2.45, 2.75) is 63.6 Å². The van der Waals surface area contributed by atoms with E-state index >= 15 is 0 Å². The zero-order valence-electron chi connectivity index (χ0n) is 17.3. The van der Waals surface area contributed by atoms with Gasteiger partial charge in [0.15, 0.2) is 5.78 Å². The second kappa shape index (κ2) is 5.92. The number of aliphatic hydroxyl groups is 4. The summed E-state index contributed by atoms with van der Waals surface area (Å²) < 4.78 is 11.1. The van der Waals surface area contributed by atoms with Gasteiger partial charge in [0.2, 0.25) is 5.79 Å². The van der Waals surface area contributed by atoms with Gasteiger partial charge in [-0.2, -0.15) is 0 Å². The maximum absolute atomic E-state index is 13.5. The molecule has 0 radical (unpaired) electrons. The summed E-state index contributed by atoms with van der Waals surface area (Å²) in [6, 6.07) is 0. The van der Waals surface area contributed by atoms with Crippen LogP contribution in [0, 0.1) is 34.0 Å². The van der Waals surface area contributed by atoms with Gasteiger partial charge in [-0.3, -0.25) is 9.59 Å². The van der Waals surface area contributed by atoms with Crippen molar-refractivity contribution in [2.24, 2.45) is 34.0 Å². The van der Waals surface area contributed by atoms with Crippen LogP contribution in [-0.2, 0) is 19.1 Å². The number of ether oxygens (including phenoxy) is 2. The summed E-state index contributed by atoms with van der Waals surface area (Å²) in [4.78, 5) is 25.0. The Morgan fingerprint density at radius 3 is 2.60 bits per heavy atom. The molecule has 0 aromatic carbocycles. The van der Waals surface area contributed by atoms with Crippen molar-refractivity contribution in [3.63, 3.8) is 0 Å². The van der Waals surface area contributed by atoms with Crippen LogP contribution in [0.25, 0.3) is 0 Å². The van der Waals surface area contributed by atoms with E-state index in [2.05, 4.69) is 6.58 Å². The Labute approximate surface area is 174 Å². The minimum atomic E-state index is -2.30. The van der Waals surface area contributed by atoms with Crippen LogP contribution in [0.15, 0.2) is 12.2 Å². The molecule has 0 aromatic rings. The molecule has 0 amide bonds. The van der Waals surface area contributed by atoms with E-state index in [1.807, 2.05) is 6.92 Å². The lowest BCUT2D eigenvalue weighted by atomic mass is 9.35. The third-order valence-corrected chi connectivity index (χ3v) is 9.32. The van der Waals surface area contributed by atoms with Crippen molar-refractivity contribution in [2.75, 3.05) is 13.2 Å². The van der Waals surface area contributed by atoms with Gasteiger partial charge in [0, 0.05) is 29.6 Å². The summed E-state index contributed by atoms with van der Waals surface area (Å²) in [6.07, 6.45) is -1.78. The van der Waals surface area contributed by atoms with Gasteiger partial charge < -0.3 is 29.9 Å². The lowest BCUT2D eigenvalue weighted by Crippen LogP contribution is -2.86. The molecule has 6 rings (SSSR count). The predicted octanol–water partition coefficient (Wildman–Crippen LogP) is -0.0812. The quantitative estimate of drug-likeness (QED) is 0.359. The number of hydrogen-bond donors (Lipinski definition) is 4. The third kappa shape index (κ3) is 1.92. The van der Waals surface area contributed by atoms with Gasteiger partial charge in [-0.25, -0.2) is 0 Å². The second-order valence-electron chi connectivity index (χ2n) is 10.4. The molecule has 10 atom stereocenters. The molecule has 2 spiro atoms. The van der Waals surface area contributed by atoms with E-state index in [9.17, 15) is 30.0 Å². The first-order chi connectivity index (χ1) is 14.0. The number of rotatable bonds is 2. The fourth-order valence-electron chi connectivity index (χ4n) is 8.16. The van der Waals surface area contributed by atoms with E-state index in [4.69, 9.17) is 9.47 Å². The van der Waals surface area contributed by atoms with Crippen LogP contribution in [0.3, 0.4) is 0 Å². The molecule has 4 saturated carbocycles. The molecular formula is C22H30O8. The summed E-state index contributed by atoms with van der Waals surface area (Å²) in [5.41, 5.74) is -3.28. The monoisotopic (exact) mass is 422 g/mol. The van der Waals surface area contributed by atoms with Crippen molar-refractivity contribution in [3.05, 3.63) is 12.2 Å². The molecule has 4 bridgehead atoms. The van der Waals surface area contributed by atoms with E-state index in [-0.39, 0.29) is 18.8 Å². The Kier molecular flexibility index (Phi) is 4.06. The Bertz CT molecular complexity index is 841. The molecular weight excluding hydrogens is 392 g/mol. The molecule has 2 heterocycles. The minimum absolute atomic E-state index is 0.0279. The first kappa shape index (κ1) is 20.6. The Hall–Kier alpha value is -1.32. The van der Waals surface area contributed by atoms with Crippen molar-refractivity contribution >= 4 is 11.8 Å². The van der Waals surface area contributed by atoms with Crippen LogP contribution in [0.5, 0.6) is 0 Å². The maximum atomic E-state index is 13.5. The van der Waals surface area contributed by atoms with Gasteiger partial charge in [0.25, 0.3) is 0 Å². The van der Waals surface area contributed by atoms with Gasteiger partial charge in [0.05, 0.1) is 25.4 Å². The number of Topliss-reactive ketones (excluding diaryl/α,β-unsaturated/α-hetero) is 1. The molecule has 4 aliphatic carbocycles. The first-order valence-electron chi connectivity index (χ1n) is 10.8. The molecule has 2 saturated heterocycles. The van der Waals surface area contributed by atoms with Crippen LogP contribution in [-0.4, -0.2) is 69.5 Å². The number of fused-ring (bicyclic) bond motifs is 2. The van der Waals surface area contributed by atoms with Gasteiger partial charge in [-0.1, -0.05) is 13.5 Å². The highest BCUT2D eigenvalue weighted by molar-refractivity contribution is 6.05. The summed E-state index contributed by atoms with van der Waals surface area (Å²) in [5.74, 6) is -4.96. The normalized spacial score (nSPS) is 56.5. The summed E-state index contributed by atoms with van der Waals surface area (Å²) in [5, 5.41) is 45.8. The van der Waals surface area contributed by atoms with E-state index in [1.165, 1.54) is 6.92 Å². The Morgan fingerprint density at radius 1 is 1.23 bits per heavy atom. The van der Waals surface area contributed by atoms with Crippen LogP contribution in [0.1, 0.15) is 39.5 Å². The Morgan fingerprint density at radius 2 is 1.93 bits per heavy atom. The molecule has 6 fully saturated rings. The number of esters is 1. The van der Waals surface area contributed by atoms with E-state index in [0.717, 1.165) is 0 Å². The van der Waals surface area contributed by atoms with E-state index < -0.39 is 69.9 Å². The topological polar surface area (TPSA) is 134 Å². The molecule has 30 heavy (non-hydrogen) atoms. The largest absolute Gasteiger partial charge is 0.465 e. The van der Waals surface area contributed by atoms with Crippen molar-refractivity contribution in [1.82, 2.24) is 0 Å². The second-order valence-corrected chi connectivity index (χ2v) is 10.4. The lowest BCUT2D eigenvalue weighted by Gasteiger charge is -2.74. The van der Waals surface area contributed by atoms with Crippen molar-refractivity contribution in [1.29, 1.82) is 0 Å². The average Bonchev–Trinajstić information content (AvgIpc) is 2.80. The molecule has 0 aromatic heterocycles. The SMILES string of the molecule is C=C1C(=O)[C@]23[C@H](O)[C@H]1CC[C@H]2[C@@]12CO[C@]3(O)[C@@H](O)[C@@H]1C(C)(COC(C)=O)CC[C@H]2O. The van der Waals surface area contributed by atoms with Gasteiger partial charge in [0.1, 0.15) is 11.5 Å². The van der Waals surface area contributed by atoms with Crippen LogP contribution < -0.4 is 0 Å². The average molecular weight is 422 g/mol. The minimum Gasteiger partial charge on any atom is -0.465 e. The van der Waals surface area contributed by atoms with E-state index in [0.29, 0.717) is 25.7 Å². The summed E-state index contributed by atoms with van der Waals surface area (Å²) >= 11 is 0. The molecule has 2 aliphatic heterocycles. The molecule has 4 N–H and O–H groups in total. The number of ketones is 1. The molecule has 8 heteroatoms. The van der Waals surface area contributed by atoms with Crippen LogP contribution in [0.2, 0.25) is 0 Å². The first-order valence-corrected chi connectivity index (χ1v) is 10.8. The fraction of sp³-hybridized carbons (Fsp3) is 0.818. The zero-order chi connectivity index (χ0) is 21.9. The molecule has 8 nitrogen and oxygen atoms in total. The maximum Gasteiger partial charge on any atom is 0.302 e. The highest BCUT2D eigenvalue weighted by Gasteiger charge is 2.87. The van der Waals surface area contributed by atoms with Gasteiger partial charge >= 0.3 is 5.97 Å². The molecule has 166 valence electrons. The molecule has 6 aliphatic rings.